The first kappa shape index (κ1) is 16.7. The van der Waals surface area contributed by atoms with Crippen LogP contribution < -0.4 is 5.11 Å². The quantitative estimate of drug-likeness (QED) is 0.523. The first-order chi connectivity index (χ1) is 5.79. The van der Waals surface area contributed by atoms with Crippen LogP contribution in [0.2, 0.25) is 0 Å². The molecule has 1 aromatic carbocycles. The Hall–Kier alpha value is 0.296. The van der Waals surface area contributed by atoms with E-state index in [0.717, 1.165) is 10.0 Å². The van der Waals surface area contributed by atoms with E-state index in [4.69, 9.17) is 0 Å². The molecule has 0 saturated carbocycles. The second kappa shape index (κ2) is 7.57. The molecule has 74 valence electrons. The first-order valence-electron chi connectivity index (χ1n) is 4.07. The Morgan fingerprint density at radius 1 is 1.29 bits per heavy atom. The van der Waals surface area contributed by atoms with Crippen molar-refractivity contribution in [3.63, 3.8) is 0 Å². The molecule has 0 atom stereocenters. The maximum Gasteiger partial charge on any atom is 2.00 e. The van der Waals surface area contributed by atoms with Crippen LogP contribution in [-0.2, 0) is 0 Å². The molecule has 0 fully saturated rings. The average molecular weight is 267 g/mol. The predicted molar refractivity (Wildman–Crippen MR) is 64.1 cm³/mol. The molecule has 1 aromatic rings. The number of hydrogen-bond acceptors (Lipinski definition) is 1. The maximum absolute atomic E-state index is 10.1. The third-order valence-corrected chi connectivity index (χ3v) is 1.38. The zero-order valence-corrected chi connectivity index (χ0v) is 12.0. The number of hydrogen-bond donors (Lipinski definition) is 0. The fourth-order valence-corrected chi connectivity index (χ4v) is 0.984. The zero-order valence-electron chi connectivity index (χ0n) is 9.01. The first-order valence-corrected chi connectivity index (χ1v) is 4.86. The minimum absolute atomic E-state index is 0. The van der Waals surface area contributed by atoms with Crippen LogP contribution >= 0.6 is 15.9 Å². The Labute approximate surface area is 111 Å². The molecule has 0 aliphatic heterocycles. The summed E-state index contributed by atoms with van der Waals surface area (Å²) in [7, 11) is 0. The molecule has 0 saturated heterocycles. The van der Waals surface area contributed by atoms with Gasteiger partial charge in [0.2, 0.25) is 0 Å². The van der Waals surface area contributed by atoms with Crippen LogP contribution in [0.25, 0.3) is 0 Å². The van der Waals surface area contributed by atoms with Crippen molar-refractivity contribution < 1.29 is 5.11 Å². The summed E-state index contributed by atoms with van der Waals surface area (Å²) in [5.74, 6) is 0. The van der Waals surface area contributed by atoms with E-state index in [1.54, 1.807) is 20.8 Å². The summed E-state index contributed by atoms with van der Waals surface area (Å²) in [5.41, 5.74) is 0.291. The molecule has 1 rings (SSSR count). The minimum atomic E-state index is -0.750. The van der Waals surface area contributed by atoms with Gasteiger partial charge in [-0.05, 0) is 4.47 Å². The van der Waals surface area contributed by atoms with Crippen LogP contribution in [0.3, 0.4) is 0 Å². The van der Waals surface area contributed by atoms with Crippen molar-refractivity contribution in [2.75, 3.05) is 0 Å². The summed E-state index contributed by atoms with van der Waals surface area (Å²) in [4.78, 5) is 0. The van der Waals surface area contributed by atoms with E-state index in [0.29, 0.717) is 0 Å². The number of halogens is 1. The van der Waals surface area contributed by atoms with Crippen LogP contribution in [0, 0.1) is 6.92 Å². The molecule has 0 radical (unpaired) electrons. The molecule has 0 amide bonds. The Morgan fingerprint density at radius 3 is 1.93 bits per heavy atom. The fraction of sp³-hybridized carbons (Fsp3) is 0.364. The maximum atomic E-state index is 10.1. The summed E-state index contributed by atoms with van der Waals surface area (Å²) < 4.78 is 1.09. The molecule has 14 heavy (non-hydrogen) atoms. The second-order valence-electron chi connectivity index (χ2n) is 3.74. The van der Waals surface area contributed by atoms with Crippen LogP contribution in [0.5, 0.6) is 0 Å². The van der Waals surface area contributed by atoms with Crippen molar-refractivity contribution in [1.82, 2.24) is 0 Å². The fourth-order valence-electron chi connectivity index (χ4n) is 0.537. The third-order valence-electron chi connectivity index (χ3n) is 0.889. The van der Waals surface area contributed by atoms with Gasteiger partial charge in [-0.15, -0.1) is 17.7 Å². The van der Waals surface area contributed by atoms with Gasteiger partial charge in [-0.1, -0.05) is 42.8 Å². The van der Waals surface area contributed by atoms with Crippen molar-refractivity contribution in [1.29, 1.82) is 0 Å². The van der Waals surface area contributed by atoms with Crippen molar-refractivity contribution >= 4 is 39.0 Å². The van der Waals surface area contributed by atoms with E-state index in [1.165, 1.54) is 0 Å². The molecule has 0 aliphatic carbocycles. The third kappa shape index (κ3) is 14.8. The van der Waals surface area contributed by atoms with Crippen molar-refractivity contribution in [2.24, 2.45) is 0 Å². The molecule has 0 N–H and O–H groups in total. The Morgan fingerprint density at radius 2 is 1.71 bits per heavy atom. The Bertz CT molecular complexity index is 232. The Kier molecular flexibility index (Phi) is 9.04. The van der Waals surface area contributed by atoms with Crippen LogP contribution in [-0.4, -0.2) is 28.7 Å². The molecule has 3 heteroatoms. The van der Waals surface area contributed by atoms with Gasteiger partial charge in [0, 0.05) is 0 Å². The molecule has 0 aromatic heterocycles. The van der Waals surface area contributed by atoms with E-state index < -0.39 is 5.60 Å². The van der Waals surface area contributed by atoms with Gasteiger partial charge in [0.25, 0.3) is 0 Å². The monoisotopic (exact) mass is 266 g/mol. The molecule has 0 spiro atoms. The van der Waals surface area contributed by atoms with Gasteiger partial charge in [0.15, 0.2) is 0 Å². The molecule has 0 aliphatic rings. The zero-order chi connectivity index (χ0) is 10.5. The molecule has 0 unspecified atom stereocenters. The van der Waals surface area contributed by atoms with Gasteiger partial charge in [-0.3, -0.25) is 0 Å². The average Bonchev–Trinajstić information content (AvgIpc) is 1.81. The van der Waals surface area contributed by atoms with Gasteiger partial charge in [-0.25, -0.2) is 0 Å². The molecule has 0 bridgehead atoms. The standard InChI is InChI=1S/C7H6Br.C4H9O.Mg/c1-6-3-2-4-7(8)5-6;1-4(2,3)5;/h2-5H,1H2;1-3H3;/q2*-1;+2. The predicted octanol–water partition coefficient (Wildman–Crippen LogP) is 2.40. The normalized spacial score (nSPS) is 9.50. The van der Waals surface area contributed by atoms with Gasteiger partial charge in [0.1, 0.15) is 0 Å². The summed E-state index contributed by atoms with van der Waals surface area (Å²) in [6, 6.07) is 7.88. The molecular weight excluding hydrogens is 252 g/mol. The van der Waals surface area contributed by atoms with E-state index >= 15 is 0 Å². The van der Waals surface area contributed by atoms with Crippen LogP contribution in [0.15, 0.2) is 28.7 Å². The van der Waals surface area contributed by atoms with Crippen LogP contribution in [0.1, 0.15) is 26.3 Å². The van der Waals surface area contributed by atoms with Crippen molar-refractivity contribution in [3.05, 3.63) is 41.2 Å². The van der Waals surface area contributed by atoms with Gasteiger partial charge >= 0.3 is 23.1 Å². The summed E-state index contributed by atoms with van der Waals surface area (Å²) >= 11 is 3.32. The van der Waals surface area contributed by atoms with Crippen molar-refractivity contribution in [3.8, 4) is 0 Å². The van der Waals surface area contributed by atoms with E-state index in [-0.39, 0.29) is 23.1 Å². The summed E-state index contributed by atoms with van der Waals surface area (Å²) in [6.07, 6.45) is 0. The SMILES string of the molecule is CC(C)(C)[O-].[CH2-]c1cccc(Br)c1.[Mg+2]. The molecule has 1 nitrogen and oxygen atoms in total. The van der Waals surface area contributed by atoms with Gasteiger partial charge in [0.05, 0.1) is 0 Å². The summed E-state index contributed by atoms with van der Waals surface area (Å²) in [5, 5.41) is 10.1. The topological polar surface area (TPSA) is 23.1 Å². The molecule has 0 heterocycles. The smallest absolute Gasteiger partial charge is 0.850 e. The minimum Gasteiger partial charge on any atom is -0.850 e. The summed E-state index contributed by atoms with van der Waals surface area (Å²) in [6.45, 7) is 8.65. The number of benzene rings is 1. The Balaban J connectivity index is 0. The van der Waals surface area contributed by atoms with Crippen molar-refractivity contribution in [2.45, 2.75) is 26.4 Å². The molecular formula is C11H15BrMgO. The largest absolute Gasteiger partial charge is 2.00 e. The van der Waals surface area contributed by atoms with E-state index in [1.807, 2.05) is 24.3 Å². The van der Waals surface area contributed by atoms with E-state index in [9.17, 15) is 5.11 Å². The van der Waals surface area contributed by atoms with Crippen LogP contribution in [0.4, 0.5) is 0 Å². The van der Waals surface area contributed by atoms with Gasteiger partial charge in [-0.2, -0.15) is 18.6 Å². The second-order valence-corrected chi connectivity index (χ2v) is 4.66. The number of rotatable bonds is 0. The van der Waals surface area contributed by atoms with Gasteiger partial charge < -0.3 is 5.11 Å². The van der Waals surface area contributed by atoms with E-state index in [2.05, 4.69) is 22.9 Å².